The number of aliphatic carboxylic acids is 1. The molecule has 4 atom stereocenters. The lowest BCUT2D eigenvalue weighted by molar-refractivity contribution is -0.142. The van der Waals surface area contributed by atoms with Gasteiger partial charge in [0.05, 0.1) is 0 Å². The van der Waals surface area contributed by atoms with Gasteiger partial charge in [-0.1, -0.05) is 72.8 Å². The molecule has 298 valence electrons. The van der Waals surface area contributed by atoms with E-state index < -0.39 is 59.7 Å². The molecule has 0 saturated heterocycles. The SMILES string of the molecule is NC(N)=NCCCC1NC(=O)C(Cc2ccc(-c3ccccc3)cc2)NC(=O)C(Cc2cccs2)NC(=O)CCC(=O)Nc2ccc(cc2)CC(C(=O)O)NC1=O. The third kappa shape index (κ3) is 13.0. The van der Waals surface area contributed by atoms with E-state index in [2.05, 4.69) is 31.6 Å². The minimum absolute atomic E-state index is 0.00238. The number of nitrogens with one attached hydrogen (secondary N) is 5. The number of hydrogen-bond acceptors (Lipinski definition) is 8. The van der Waals surface area contributed by atoms with Crippen LogP contribution in [0.3, 0.4) is 0 Å². The van der Waals surface area contributed by atoms with Gasteiger partial charge in [0.2, 0.25) is 29.5 Å². The molecular formula is C41H46N8O7S. The van der Waals surface area contributed by atoms with Crippen LogP contribution in [0.5, 0.6) is 0 Å². The average molecular weight is 795 g/mol. The van der Waals surface area contributed by atoms with Crippen molar-refractivity contribution < 1.29 is 33.9 Å². The largest absolute Gasteiger partial charge is 0.480 e. The number of carbonyl (C=O) groups is 6. The van der Waals surface area contributed by atoms with E-state index in [9.17, 15) is 33.9 Å². The molecule has 2 bridgehead atoms. The molecule has 0 spiro atoms. The summed E-state index contributed by atoms with van der Waals surface area (Å²) in [5, 5.41) is 25.5. The standard InChI is InChI=1S/C41H46N8O7S/c42-41(43)44-20-4-9-31-37(52)49-34(40(55)56)23-26-12-16-29(17-13-26)45-35(50)18-19-36(51)46-33(24-30-8-5-21-57-30)39(54)48-32(38(53)47-31)22-25-10-14-28(15-11-25)27-6-2-1-3-7-27/h1-3,5-8,10-17,21,31-34H,4,9,18-20,22-24H2,(H,45,50)(H,46,51)(H,47,53)(H,48,54)(H,49,52)(H,55,56)(H4,42,43,44). The fourth-order valence-corrected chi connectivity index (χ4v) is 6.97. The van der Waals surface area contributed by atoms with Gasteiger partial charge in [-0.25, -0.2) is 4.79 Å². The number of fused-ring (bicyclic) bond motifs is 18. The zero-order valence-corrected chi connectivity index (χ0v) is 31.9. The second kappa shape index (κ2) is 20.4. The third-order valence-corrected chi connectivity index (χ3v) is 10.1. The van der Waals surface area contributed by atoms with Gasteiger partial charge in [-0.15, -0.1) is 11.3 Å². The number of carbonyl (C=O) groups excluding carboxylic acids is 5. The Bertz CT molecular complexity index is 2040. The number of guanidine groups is 1. The topological polar surface area (TPSA) is 247 Å². The number of carboxylic acids is 1. The molecule has 0 fully saturated rings. The maximum Gasteiger partial charge on any atom is 0.326 e. The Morgan fingerprint density at radius 3 is 1.98 bits per heavy atom. The van der Waals surface area contributed by atoms with Gasteiger partial charge in [-0.2, -0.15) is 0 Å². The van der Waals surface area contributed by atoms with E-state index in [-0.39, 0.29) is 57.5 Å². The van der Waals surface area contributed by atoms with Crippen molar-refractivity contribution in [2.75, 3.05) is 11.9 Å². The summed E-state index contributed by atoms with van der Waals surface area (Å²) in [4.78, 5) is 85.3. The van der Waals surface area contributed by atoms with E-state index in [0.29, 0.717) is 16.8 Å². The first-order valence-corrected chi connectivity index (χ1v) is 19.4. The van der Waals surface area contributed by atoms with Gasteiger partial charge in [-0.3, -0.25) is 29.0 Å². The number of anilines is 1. The Morgan fingerprint density at radius 2 is 1.33 bits per heavy atom. The number of aliphatic imine (C=N–C) groups is 1. The molecule has 16 heteroatoms. The molecule has 0 radical (unpaired) electrons. The third-order valence-electron chi connectivity index (χ3n) is 9.22. The predicted molar refractivity (Wildman–Crippen MR) is 217 cm³/mol. The highest BCUT2D eigenvalue weighted by Crippen LogP contribution is 2.20. The second-order valence-corrected chi connectivity index (χ2v) is 14.6. The van der Waals surface area contributed by atoms with Crippen LogP contribution in [0.25, 0.3) is 11.1 Å². The van der Waals surface area contributed by atoms with E-state index in [4.69, 9.17) is 11.5 Å². The van der Waals surface area contributed by atoms with E-state index in [1.807, 2.05) is 72.1 Å². The lowest BCUT2D eigenvalue weighted by atomic mass is 9.99. The smallest absolute Gasteiger partial charge is 0.326 e. The van der Waals surface area contributed by atoms with E-state index in [1.165, 1.54) is 11.3 Å². The molecule has 57 heavy (non-hydrogen) atoms. The zero-order chi connectivity index (χ0) is 40.7. The van der Waals surface area contributed by atoms with Crippen molar-refractivity contribution in [2.45, 2.75) is 69.1 Å². The molecular weight excluding hydrogens is 749 g/mol. The molecule has 4 unspecified atom stereocenters. The summed E-state index contributed by atoms with van der Waals surface area (Å²) in [6.45, 7) is 0.130. The van der Waals surface area contributed by atoms with Crippen LogP contribution in [0, 0.1) is 0 Å². The van der Waals surface area contributed by atoms with Crippen LogP contribution in [0.2, 0.25) is 0 Å². The first kappa shape index (κ1) is 41.6. The van der Waals surface area contributed by atoms with Gasteiger partial charge in [0, 0.05) is 49.2 Å². The fourth-order valence-electron chi connectivity index (χ4n) is 6.21. The van der Waals surface area contributed by atoms with Crippen molar-refractivity contribution >= 4 is 58.5 Å². The molecule has 1 aromatic heterocycles. The van der Waals surface area contributed by atoms with Crippen molar-refractivity contribution in [2.24, 2.45) is 16.5 Å². The molecule has 0 aliphatic carbocycles. The maximum absolute atomic E-state index is 14.3. The van der Waals surface area contributed by atoms with Crippen LogP contribution in [0.1, 0.15) is 41.7 Å². The van der Waals surface area contributed by atoms with Gasteiger partial charge in [0.15, 0.2) is 5.96 Å². The highest BCUT2D eigenvalue weighted by Gasteiger charge is 2.32. The summed E-state index contributed by atoms with van der Waals surface area (Å²) in [6, 6.07) is 22.2. The van der Waals surface area contributed by atoms with Crippen LogP contribution in [-0.4, -0.2) is 77.3 Å². The zero-order valence-electron chi connectivity index (χ0n) is 31.1. The number of rotatable bonds is 10. The highest BCUT2D eigenvalue weighted by molar-refractivity contribution is 7.09. The quantitative estimate of drug-likeness (QED) is 0.0507. The van der Waals surface area contributed by atoms with Crippen LogP contribution < -0.4 is 38.1 Å². The van der Waals surface area contributed by atoms with Crippen molar-refractivity contribution in [3.63, 3.8) is 0 Å². The number of hydrogen-bond donors (Lipinski definition) is 8. The normalized spacial score (nSPS) is 19.8. The number of benzene rings is 3. The second-order valence-electron chi connectivity index (χ2n) is 13.6. The lowest BCUT2D eigenvalue weighted by Gasteiger charge is -2.26. The van der Waals surface area contributed by atoms with Gasteiger partial charge in [0.1, 0.15) is 24.2 Å². The molecule has 3 heterocycles. The summed E-state index contributed by atoms with van der Waals surface area (Å²) in [5.41, 5.74) is 14.6. The van der Waals surface area contributed by atoms with Crippen LogP contribution in [0.4, 0.5) is 5.69 Å². The van der Waals surface area contributed by atoms with Gasteiger partial charge in [0.25, 0.3) is 0 Å². The van der Waals surface area contributed by atoms with E-state index >= 15 is 0 Å². The first-order valence-electron chi connectivity index (χ1n) is 18.5. The van der Waals surface area contributed by atoms with Crippen molar-refractivity contribution in [1.29, 1.82) is 0 Å². The number of nitrogens with two attached hydrogens (primary N) is 2. The number of thiophene rings is 1. The Morgan fingerprint density at radius 1 is 0.702 bits per heavy atom. The summed E-state index contributed by atoms with van der Waals surface area (Å²) >= 11 is 1.39. The van der Waals surface area contributed by atoms with Gasteiger partial charge in [-0.05, 0) is 58.7 Å². The minimum atomic E-state index is -1.38. The molecule has 10 N–H and O–H groups in total. The minimum Gasteiger partial charge on any atom is -0.480 e. The van der Waals surface area contributed by atoms with Crippen molar-refractivity contribution in [3.05, 3.63) is 112 Å². The Hall–Kier alpha value is -6.55. The summed E-state index contributed by atoms with van der Waals surface area (Å²) in [6.07, 6.45) is -0.114. The first-order chi connectivity index (χ1) is 27.4. The molecule has 2 aliphatic rings. The Balaban J connectivity index is 1.48. The number of amides is 5. The Labute approximate surface area is 333 Å². The molecule has 15 nitrogen and oxygen atoms in total. The van der Waals surface area contributed by atoms with Gasteiger partial charge >= 0.3 is 5.97 Å². The monoisotopic (exact) mass is 794 g/mol. The molecule has 6 rings (SSSR count). The summed E-state index contributed by atoms with van der Waals surface area (Å²) < 4.78 is 0. The molecule has 3 aromatic carbocycles. The maximum atomic E-state index is 14.3. The number of nitrogens with zero attached hydrogens (tertiary/aromatic N) is 1. The fraction of sp³-hybridized carbons (Fsp3) is 0.293. The lowest BCUT2D eigenvalue weighted by Crippen LogP contribution is -2.58. The summed E-state index contributed by atoms with van der Waals surface area (Å²) in [5.74, 6) is -4.59. The average Bonchev–Trinajstić information content (AvgIpc) is 3.71. The highest BCUT2D eigenvalue weighted by atomic mass is 32.1. The van der Waals surface area contributed by atoms with Crippen molar-refractivity contribution in [3.8, 4) is 11.1 Å². The van der Waals surface area contributed by atoms with Crippen molar-refractivity contribution in [1.82, 2.24) is 21.3 Å². The molecule has 2 aliphatic heterocycles. The van der Waals surface area contributed by atoms with Crippen LogP contribution in [0.15, 0.2) is 101 Å². The van der Waals surface area contributed by atoms with Gasteiger partial charge < -0.3 is 43.2 Å². The van der Waals surface area contributed by atoms with E-state index in [1.54, 1.807) is 24.3 Å². The molecule has 4 aromatic rings. The van der Waals surface area contributed by atoms with E-state index in [0.717, 1.165) is 16.0 Å². The van der Waals surface area contributed by atoms with Crippen LogP contribution in [-0.2, 0) is 48.0 Å². The summed E-state index contributed by atoms with van der Waals surface area (Å²) in [7, 11) is 0. The Kier molecular flexibility index (Phi) is 14.9. The van der Waals surface area contributed by atoms with Crippen LogP contribution >= 0.6 is 11.3 Å². The molecule has 0 saturated carbocycles. The molecule has 5 amide bonds. The predicted octanol–water partition coefficient (Wildman–Crippen LogP) is 2.25. The number of carboxylic acid groups (broad SMARTS) is 1.